The summed E-state index contributed by atoms with van der Waals surface area (Å²) in [5, 5.41) is 0. The minimum Gasteiger partial charge on any atom is -0.466 e. The predicted octanol–water partition coefficient (Wildman–Crippen LogP) is 3.49. The van der Waals surface area contributed by atoms with Gasteiger partial charge in [0.1, 0.15) is 0 Å². The molecule has 1 rings (SSSR count). The van der Waals surface area contributed by atoms with Crippen molar-refractivity contribution in [3.8, 4) is 0 Å². The van der Waals surface area contributed by atoms with Gasteiger partial charge in [-0.15, -0.1) is 0 Å². The molecule has 0 fully saturated rings. The molecule has 20 heavy (non-hydrogen) atoms. The van der Waals surface area contributed by atoms with Crippen LogP contribution in [0, 0.1) is 11.8 Å². The summed E-state index contributed by atoms with van der Waals surface area (Å²) in [6.45, 7) is 5.77. The van der Waals surface area contributed by atoms with E-state index >= 15 is 0 Å². The summed E-state index contributed by atoms with van der Waals surface area (Å²) in [4.78, 5) is 23.9. The average Bonchev–Trinajstić information content (AvgIpc) is 2.47. The summed E-state index contributed by atoms with van der Waals surface area (Å²) >= 11 is 0. The van der Waals surface area contributed by atoms with Gasteiger partial charge in [-0.1, -0.05) is 50.3 Å². The Hall–Kier alpha value is -1.90. The van der Waals surface area contributed by atoms with E-state index in [1.165, 1.54) is 0 Å². The molecular formula is C17H22O3. The average molecular weight is 274 g/mol. The zero-order valence-electron chi connectivity index (χ0n) is 12.3. The molecule has 1 aromatic rings. The molecule has 2 unspecified atom stereocenters. The molecule has 0 aliphatic rings. The number of benzene rings is 1. The highest BCUT2D eigenvalue weighted by Gasteiger charge is 2.28. The van der Waals surface area contributed by atoms with E-state index in [-0.39, 0.29) is 17.7 Å². The van der Waals surface area contributed by atoms with Crippen molar-refractivity contribution in [2.75, 3.05) is 6.61 Å². The molecule has 0 aliphatic carbocycles. The molecule has 3 heteroatoms. The number of esters is 1. The van der Waals surface area contributed by atoms with Crippen molar-refractivity contribution < 1.29 is 14.3 Å². The molecule has 0 N–H and O–H groups in total. The number of rotatable bonds is 7. The molecule has 0 bridgehead atoms. The number of ketones is 1. The van der Waals surface area contributed by atoms with Crippen LogP contribution in [-0.4, -0.2) is 18.4 Å². The van der Waals surface area contributed by atoms with Crippen molar-refractivity contribution in [2.45, 2.75) is 27.2 Å². The second-order valence-corrected chi connectivity index (χ2v) is 4.70. The second kappa shape index (κ2) is 8.31. The quantitative estimate of drug-likeness (QED) is 0.564. The van der Waals surface area contributed by atoms with E-state index in [2.05, 4.69) is 0 Å². The third-order valence-corrected chi connectivity index (χ3v) is 3.31. The molecule has 0 radical (unpaired) electrons. The van der Waals surface area contributed by atoms with E-state index in [1.54, 1.807) is 26.0 Å². The Kier molecular flexibility index (Phi) is 6.71. The minimum absolute atomic E-state index is 0.0306. The second-order valence-electron chi connectivity index (χ2n) is 4.70. The van der Waals surface area contributed by atoms with Crippen LogP contribution < -0.4 is 0 Å². The van der Waals surface area contributed by atoms with Gasteiger partial charge in [-0.05, 0) is 25.0 Å². The standard InChI is InChI=1S/C17H22O3/c1-4-15(13(3)17(19)20-5-2)16(18)12-11-14-9-7-6-8-10-14/h6-13,15H,4-5H2,1-3H3. The number of ether oxygens (including phenoxy) is 1. The fraction of sp³-hybridized carbons (Fsp3) is 0.412. The first kappa shape index (κ1) is 16.2. The number of carbonyl (C=O) groups excluding carboxylic acids is 2. The first-order valence-corrected chi connectivity index (χ1v) is 7.03. The van der Waals surface area contributed by atoms with Crippen LogP contribution in [0.25, 0.3) is 6.08 Å². The lowest BCUT2D eigenvalue weighted by Crippen LogP contribution is -2.28. The Morgan fingerprint density at radius 3 is 2.40 bits per heavy atom. The van der Waals surface area contributed by atoms with E-state index in [4.69, 9.17) is 4.74 Å². The van der Waals surface area contributed by atoms with Crippen LogP contribution in [0.3, 0.4) is 0 Å². The van der Waals surface area contributed by atoms with Gasteiger partial charge in [-0.3, -0.25) is 9.59 Å². The van der Waals surface area contributed by atoms with Gasteiger partial charge in [-0.2, -0.15) is 0 Å². The van der Waals surface area contributed by atoms with Crippen molar-refractivity contribution in [1.82, 2.24) is 0 Å². The van der Waals surface area contributed by atoms with Crippen molar-refractivity contribution in [1.29, 1.82) is 0 Å². The van der Waals surface area contributed by atoms with E-state index < -0.39 is 5.92 Å². The van der Waals surface area contributed by atoms with Gasteiger partial charge in [0, 0.05) is 5.92 Å². The van der Waals surface area contributed by atoms with Crippen molar-refractivity contribution in [2.24, 2.45) is 11.8 Å². The van der Waals surface area contributed by atoms with E-state index in [1.807, 2.05) is 37.3 Å². The lowest BCUT2D eigenvalue weighted by Gasteiger charge is -2.18. The summed E-state index contributed by atoms with van der Waals surface area (Å²) in [7, 11) is 0. The first-order valence-electron chi connectivity index (χ1n) is 7.03. The van der Waals surface area contributed by atoms with Crippen LogP contribution in [-0.2, 0) is 14.3 Å². The topological polar surface area (TPSA) is 43.4 Å². The number of hydrogen-bond acceptors (Lipinski definition) is 3. The molecule has 108 valence electrons. The zero-order valence-corrected chi connectivity index (χ0v) is 12.3. The monoisotopic (exact) mass is 274 g/mol. The molecule has 0 amide bonds. The minimum atomic E-state index is -0.409. The number of carbonyl (C=O) groups is 2. The van der Waals surface area contributed by atoms with Crippen molar-refractivity contribution >= 4 is 17.8 Å². The Balaban J connectivity index is 2.72. The molecule has 0 spiro atoms. The molecule has 0 aliphatic heterocycles. The Morgan fingerprint density at radius 2 is 1.85 bits per heavy atom. The molecule has 0 saturated heterocycles. The van der Waals surface area contributed by atoms with Gasteiger partial charge in [0.15, 0.2) is 5.78 Å². The van der Waals surface area contributed by atoms with Crippen LogP contribution in [0.15, 0.2) is 36.4 Å². The lowest BCUT2D eigenvalue weighted by atomic mass is 9.87. The van der Waals surface area contributed by atoms with Crippen LogP contribution in [0.5, 0.6) is 0 Å². The smallest absolute Gasteiger partial charge is 0.309 e. The SMILES string of the molecule is CCOC(=O)C(C)C(CC)C(=O)C=Cc1ccccc1. The van der Waals surface area contributed by atoms with E-state index in [9.17, 15) is 9.59 Å². The maximum Gasteiger partial charge on any atom is 0.309 e. The fourth-order valence-corrected chi connectivity index (χ4v) is 2.11. The van der Waals surface area contributed by atoms with Gasteiger partial charge < -0.3 is 4.74 Å². The molecule has 0 aromatic heterocycles. The number of allylic oxidation sites excluding steroid dienone is 1. The highest BCUT2D eigenvalue weighted by Crippen LogP contribution is 2.19. The number of hydrogen-bond donors (Lipinski definition) is 0. The fourth-order valence-electron chi connectivity index (χ4n) is 2.11. The maximum absolute atomic E-state index is 12.2. The molecule has 3 nitrogen and oxygen atoms in total. The van der Waals surface area contributed by atoms with Crippen LogP contribution >= 0.6 is 0 Å². The van der Waals surface area contributed by atoms with Crippen LogP contribution in [0.4, 0.5) is 0 Å². The zero-order chi connectivity index (χ0) is 15.0. The van der Waals surface area contributed by atoms with Gasteiger partial charge >= 0.3 is 5.97 Å². The van der Waals surface area contributed by atoms with Crippen molar-refractivity contribution in [3.63, 3.8) is 0 Å². The van der Waals surface area contributed by atoms with Gasteiger partial charge in [0.05, 0.1) is 12.5 Å². The summed E-state index contributed by atoms with van der Waals surface area (Å²) < 4.78 is 4.98. The molecule has 1 aromatic carbocycles. The van der Waals surface area contributed by atoms with E-state index in [0.29, 0.717) is 13.0 Å². The third kappa shape index (κ3) is 4.65. The largest absolute Gasteiger partial charge is 0.466 e. The van der Waals surface area contributed by atoms with Crippen LogP contribution in [0.2, 0.25) is 0 Å². The molecule has 2 atom stereocenters. The maximum atomic E-state index is 12.2. The summed E-state index contributed by atoms with van der Waals surface area (Å²) in [5.41, 5.74) is 0.972. The van der Waals surface area contributed by atoms with Crippen LogP contribution in [0.1, 0.15) is 32.8 Å². The summed E-state index contributed by atoms with van der Waals surface area (Å²) in [6, 6.07) is 9.63. The van der Waals surface area contributed by atoms with Gasteiger partial charge in [0.2, 0.25) is 0 Å². The third-order valence-electron chi connectivity index (χ3n) is 3.31. The summed E-state index contributed by atoms with van der Waals surface area (Å²) in [5.74, 6) is -1.07. The predicted molar refractivity (Wildman–Crippen MR) is 80.1 cm³/mol. The van der Waals surface area contributed by atoms with E-state index in [0.717, 1.165) is 5.56 Å². The Labute approximate surface area is 120 Å². The Morgan fingerprint density at radius 1 is 1.20 bits per heavy atom. The summed E-state index contributed by atoms with van der Waals surface area (Å²) in [6.07, 6.45) is 3.96. The highest BCUT2D eigenvalue weighted by molar-refractivity contribution is 5.97. The molecule has 0 saturated carbocycles. The molecule has 0 heterocycles. The van der Waals surface area contributed by atoms with Gasteiger partial charge in [-0.25, -0.2) is 0 Å². The highest BCUT2D eigenvalue weighted by atomic mass is 16.5. The van der Waals surface area contributed by atoms with Gasteiger partial charge in [0.25, 0.3) is 0 Å². The first-order chi connectivity index (χ1) is 9.60. The normalized spacial score (nSPS) is 13.9. The molecular weight excluding hydrogens is 252 g/mol. The Bertz CT molecular complexity index is 462. The lowest BCUT2D eigenvalue weighted by molar-refractivity contribution is -0.151. The van der Waals surface area contributed by atoms with Crippen molar-refractivity contribution in [3.05, 3.63) is 42.0 Å².